The summed E-state index contributed by atoms with van der Waals surface area (Å²) in [5, 5.41) is 3.38. The van der Waals surface area contributed by atoms with Gasteiger partial charge in [-0.3, -0.25) is 4.98 Å². The summed E-state index contributed by atoms with van der Waals surface area (Å²) in [6, 6.07) is 8.62. The Labute approximate surface area is 101 Å². The summed E-state index contributed by atoms with van der Waals surface area (Å²) in [5.74, 6) is -0.207. The highest BCUT2D eigenvalue weighted by molar-refractivity contribution is 5.50. The zero-order valence-corrected chi connectivity index (χ0v) is 9.94. The number of pyridine rings is 1. The number of hydrogen-bond donors (Lipinski definition) is 1. The van der Waals surface area contributed by atoms with Crippen LogP contribution in [-0.4, -0.2) is 4.98 Å². The van der Waals surface area contributed by atoms with Gasteiger partial charge in [-0.2, -0.15) is 0 Å². The van der Waals surface area contributed by atoms with Gasteiger partial charge in [0.15, 0.2) is 0 Å². The van der Waals surface area contributed by atoms with Crippen LogP contribution >= 0.6 is 0 Å². The number of rotatable bonds is 3. The molecule has 0 amide bonds. The van der Waals surface area contributed by atoms with Crippen molar-refractivity contribution in [1.29, 1.82) is 0 Å². The second-order valence-electron chi connectivity index (χ2n) is 4.11. The highest BCUT2D eigenvalue weighted by atomic mass is 19.1. The smallest absolute Gasteiger partial charge is 0.123 e. The van der Waals surface area contributed by atoms with Gasteiger partial charge < -0.3 is 5.32 Å². The molecule has 3 heteroatoms. The van der Waals surface area contributed by atoms with Crippen LogP contribution in [0.5, 0.6) is 0 Å². The predicted octanol–water partition coefficient (Wildman–Crippen LogP) is 3.70. The standard InChI is InChI=1S/C14H15FN2/c1-10-9-16-8-7-14(10)17-11(2)12-3-5-13(15)6-4-12/h3-9,11H,1-2H3,(H,16,17). The molecule has 0 radical (unpaired) electrons. The van der Waals surface area contributed by atoms with Crippen molar-refractivity contribution in [3.05, 3.63) is 59.7 Å². The second kappa shape index (κ2) is 4.95. The van der Waals surface area contributed by atoms with Gasteiger partial charge in [0.25, 0.3) is 0 Å². The van der Waals surface area contributed by atoms with Crippen LogP contribution < -0.4 is 5.32 Å². The number of benzene rings is 1. The van der Waals surface area contributed by atoms with E-state index in [0.717, 1.165) is 16.8 Å². The minimum absolute atomic E-state index is 0.136. The highest BCUT2D eigenvalue weighted by Gasteiger charge is 2.06. The lowest BCUT2D eigenvalue weighted by Gasteiger charge is -2.17. The molecule has 2 rings (SSSR count). The Morgan fingerprint density at radius 1 is 1.18 bits per heavy atom. The van der Waals surface area contributed by atoms with E-state index in [1.54, 1.807) is 18.3 Å². The van der Waals surface area contributed by atoms with Gasteiger partial charge in [0.2, 0.25) is 0 Å². The van der Waals surface area contributed by atoms with E-state index in [-0.39, 0.29) is 11.9 Å². The second-order valence-corrected chi connectivity index (χ2v) is 4.11. The topological polar surface area (TPSA) is 24.9 Å². The lowest BCUT2D eigenvalue weighted by Crippen LogP contribution is -2.07. The van der Waals surface area contributed by atoms with E-state index in [9.17, 15) is 4.39 Å². The SMILES string of the molecule is Cc1cnccc1NC(C)c1ccc(F)cc1. The zero-order chi connectivity index (χ0) is 12.3. The molecular weight excluding hydrogens is 215 g/mol. The molecule has 1 atom stereocenters. The van der Waals surface area contributed by atoms with Crippen LogP contribution in [0.15, 0.2) is 42.7 Å². The van der Waals surface area contributed by atoms with Crippen LogP contribution in [0, 0.1) is 12.7 Å². The number of nitrogens with one attached hydrogen (secondary N) is 1. The summed E-state index contributed by atoms with van der Waals surface area (Å²) < 4.78 is 12.8. The van der Waals surface area contributed by atoms with Crippen LogP contribution in [-0.2, 0) is 0 Å². The summed E-state index contributed by atoms with van der Waals surface area (Å²) >= 11 is 0. The molecule has 2 nitrogen and oxygen atoms in total. The lowest BCUT2D eigenvalue weighted by atomic mass is 10.1. The van der Waals surface area contributed by atoms with Crippen molar-refractivity contribution in [2.75, 3.05) is 5.32 Å². The first-order valence-corrected chi connectivity index (χ1v) is 5.59. The summed E-state index contributed by atoms with van der Waals surface area (Å²) in [4.78, 5) is 4.05. The lowest BCUT2D eigenvalue weighted by molar-refractivity contribution is 0.626. The maximum absolute atomic E-state index is 12.8. The predicted molar refractivity (Wildman–Crippen MR) is 67.4 cm³/mol. The minimum atomic E-state index is -0.207. The van der Waals surface area contributed by atoms with Gasteiger partial charge in [-0.05, 0) is 43.2 Å². The van der Waals surface area contributed by atoms with Crippen molar-refractivity contribution in [2.45, 2.75) is 19.9 Å². The molecule has 2 aromatic rings. The zero-order valence-electron chi connectivity index (χ0n) is 9.94. The van der Waals surface area contributed by atoms with Crippen LogP contribution in [0.1, 0.15) is 24.1 Å². The van der Waals surface area contributed by atoms with E-state index < -0.39 is 0 Å². The van der Waals surface area contributed by atoms with E-state index in [1.807, 2.05) is 26.1 Å². The van der Waals surface area contributed by atoms with E-state index >= 15 is 0 Å². The average Bonchev–Trinajstić information content (AvgIpc) is 2.33. The van der Waals surface area contributed by atoms with E-state index in [0.29, 0.717) is 0 Å². The fraction of sp³-hybridized carbons (Fsp3) is 0.214. The van der Waals surface area contributed by atoms with Gasteiger partial charge in [0.05, 0.1) is 0 Å². The Balaban J connectivity index is 2.14. The third-order valence-corrected chi connectivity index (χ3v) is 2.76. The van der Waals surface area contributed by atoms with Gasteiger partial charge in [-0.25, -0.2) is 4.39 Å². The van der Waals surface area contributed by atoms with E-state index in [1.165, 1.54) is 12.1 Å². The quantitative estimate of drug-likeness (QED) is 0.869. The van der Waals surface area contributed by atoms with Crippen molar-refractivity contribution in [3.8, 4) is 0 Å². The fourth-order valence-electron chi connectivity index (χ4n) is 1.70. The van der Waals surface area contributed by atoms with E-state index in [4.69, 9.17) is 0 Å². The number of hydrogen-bond acceptors (Lipinski definition) is 2. The van der Waals surface area contributed by atoms with E-state index in [2.05, 4.69) is 10.3 Å². The third kappa shape index (κ3) is 2.81. The summed E-state index contributed by atoms with van der Waals surface area (Å²) in [6.07, 6.45) is 3.58. The van der Waals surface area contributed by atoms with Crippen LogP contribution in [0.3, 0.4) is 0 Å². The fourth-order valence-corrected chi connectivity index (χ4v) is 1.70. The van der Waals surface area contributed by atoms with Crippen molar-refractivity contribution in [1.82, 2.24) is 4.98 Å². The van der Waals surface area contributed by atoms with Crippen LogP contribution in [0.25, 0.3) is 0 Å². The number of anilines is 1. The van der Waals surface area contributed by atoms with Crippen molar-refractivity contribution in [3.63, 3.8) is 0 Å². The Hall–Kier alpha value is -1.90. The molecule has 0 aliphatic heterocycles. The molecule has 1 heterocycles. The molecular formula is C14H15FN2. The Morgan fingerprint density at radius 3 is 2.53 bits per heavy atom. The third-order valence-electron chi connectivity index (χ3n) is 2.76. The molecule has 88 valence electrons. The summed E-state index contributed by atoms with van der Waals surface area (Å²) in [5.41, 5.74) is 3.21. The molecule has 0 saturated carbocycles. The maximum Gasteiger partial charge on any atom is 0.123 e. The summed E-state index contributed by atoms with van der Waals surface area (Å²) in [6.45, 7) is 4.06. The Bertz CT molecular complexity index is 494. The number of nitrogens with zero attached hydrogens (tertiary/aromatic N) is 1. The van der Waals surface area contributed by atoms with Crippen LogP contribution in [0.2, 0.25) is 0 Å². The molecule has 1 unspecified atom stereocenters. The Morgan fingerprint density at radius 2 is 1.88 bits per heavy atom. The number of aryl methyl sites for hydroxylation is 1. The first-order chi connectivity index (χ1) is 8.16. The van der Waals surface area contributed by atoms with Crippen molar-refractivity contribution in [2.24, 2.45) is 0 Å². The Kier molecular flexibility index (Phi) is 3.38. The van der Waals surface area contributed by atoms with Crippen LogP contribution in [0.4, 0.5) is 10.1 Å². The average molecular weight is 230 g/mol. The first kappa shape index (κ1) is 11.6. The molecule has 0 fully saturated rings. The molecule has 1 N–H and O–H groups in total. The first-order valence-electron chi connectivity index (χ1n) is 5.59. The maximum atomic E-state index is 12.8. The summed E-state index contributed by atoms with van der Waals surface area (Å²) in [7, 11) is 0. The normalized spacial score (nSPS) is 12.2. The number of aromatic nitrogens is 1. The number of halogens is 1. The molecule has 0 spiro atoms. The molecule has 1 aromatic heterocycles. The van der Waals surface area contributed by atoms with Gasteiger partial charge in [-0.1, -0.05) is 12.1 Å². The molecule has 0 aliphatic carbocycles. The highest BCUT2D eigenvalue weighted by Crippen LogP contribution is 2.21. The van der Waals surface area contributed by atoms with Gasteiger partial charge >= 0.3 is 0 Å². The largest absolute Gasteiger partial charge is 0.378 e. The minimum Gasteiger partial charge on any atom is -0.378 e. The van der Waals surface area contributed by atoms with Gasteiger partial charge in [-0.15, -0.1) is 0 Å². The molecule has 0 bridgehead atoms. The van der Waals surface area contributed by atoms with Gasteiger partial charge in [0, 0.05) is 24.1 Å². The van der Waals surface area contributed by atoms with Crippen molar-refractivity contribution < 1.29 is 4.39 Å². The molecule has 1 aromatic carbocycles. The molecule has 0 aliphatic rings. The van der Waals surface area contributed by atoms with Gasteiger partial charge in [0.1, 0.15) is 5.82 Å². The monoisotopic (exact) mass is 230 g/mol. The van der Waals surface area contributed by atoms with Crippen molar-refractivity contribution >= 4 is 5.69 Å². The molecule has 17 heavy (non-hydrogen) atoms. The molecule has 0 saturated heterocycles.